The summed E-state index contributed by atoms with van der Waals surface area (Å²) >= 11 is 1.41. The number of ether oxygens (including phenoxy) is 1. The summed E-state index contributed by atoms with van der Waals surface area (Å²) in [7, 11) is 0. The van der Waals surface area contributed by atoms with Gasteiger partial charge in [0.2, 0.25) is 5.89 Å². The average molecular weight is 442 g/mol. The van der Waals surface area contributed by atoms with Crippen molar-refractivity contribution in [3.63, 3.8) is 0 Å². The van der Waals surface area contributed by atoms with Crippen LogP contribution < -0.4 is 10.6 Å². The van der Waals surface area contributed by atoms with Gasteiger partial charge in [0.15, 0.2) is 0 Å². The first kappa shape index (κ1) is 22.6. The lowest BCUT2D eigenvalue weighted by Gasteiger charge is -2.19. The molecule has 0 spiro atoms. The number of hydrogen-bond acceptors (Lipinski definition) is 7. The van der Waals surface area contributed by atoms with Crippen LogP contribution in [0.1, 0.15) is 42.3 Å². The van der Waals surface area contributed by atoms with E-state index in [0.29, 0.717) is 23.0 Å². The standard InChI is InChI=1S/C23H27N3O4S/c1-15-18(20(28)26-14-17(27)30-23(2,3)4)22(31-19(15)21-24-12-13-29-21)25-11-10-16-8-6-5-7-9-16/h5-9,12-13,25H,10-11,14H2,1-4H3,(H,26,28). The van der Waals surface area contributed by atoms with Crippen LogP contribution in [0, 0.1) is 6.92 Å². The molecule has 0 radical (unpaired) electrons. The highest BCUT2D eigenvalue weighted by atomic mass is 32.1. The Balaban J connectivity index is 1.76. The lowest BCUT2D eigenvalue weighted by molar-refractivity contribution is -0.153. The van der Waals surface area contributed by atoms with Crippen molar-refractivity contribution in [2.24, 2.45) is 0 Å². The molecular weight excluding hydrogens is 414 g/mol. The molecule has 1 amide bonds. The molecule has 0 atom stereocenters. The van der Waals surface area contributed by atoms with E-state index in [1.54, 1.807) is 27.0 Å². The maximum absolute atomic E-state index is 13.0. The van der Waals surface area contributed by atoms with Crippen molar-refractivity contribution in [2.45, 2.75) is 39.7 Å². The van der Waals surface area contributed by atoms with Gasteiger partial charge in [-0.1, -0.05) is 30.3 Å². The lowest BCUT2D eigenvalue weighted by Crippen LogP contribution is -2.35. The van der Waals surface area contributed by atoms with Gasteiger partial charge in [0.05, 0.1) is 16.6 Å². The van der Waals surface area contributed by atoms with E-state index < -0.39 is 11.6 Å². The first-order chi connectivity index (χ1) is 14.7. The number of esters is 1. The number of oxazole rings is 1. The average Bonchev–Trinajstić information content (AvgIpc) is 3.34. The summed E-state index contributed by atoms with van der Waals surface area (Å²) in [5.41, 5.74) is 1.82. The van der Waals surface area contributed by atoms with Crippen molar-refractivity contribution in [3.8, 4) is 10.8 Å². The van der Waals surface area contributed by atoms with E-state index in [-0.39, 0.29) is 12.5 Å². The van der Waals surface area contributed by atoms with Gasteiger partial charge in [-0.2, -0.15) is 0 Å². The van der Waals surface area contributed by atoms with Crippen molar-refractivity contribution >= 4 is 28.2 Å². The van der Waals surface area contributed by atoms with Gasteiger partial charge in [0.25, 0.3) is 5.91 Å². The summed E-state index contributed by atoms with van der Waals surface area (Å²) in [6, 6.07) is 10.1. The predicted octanol–water partition coefficient (Wildman–Crippen LogP) is 4.44. The van der Waals surface area contributed by atoms with Gasteiger partial charge in [-0.25, -0.2) is 4.98 Å². The van der Waals surface area contributed by atoms with Gasteiger partial charge in [-0.3, -0.25) is 9.59 Å². The van der Waals surface area contributed by atoms with Crippen molar-refractivity contribution in [2.75, 3.05) is 18.4 Å². The topological polar surface area (TPSA) is 93.5 Å². The third-order valence-electron chi connectivity index (χ3n) is 4.36. The lowest BCUT2D eigenvalue weighted by atomic mass is 10.1. The largest absolute Gasteiger partial charge is 0.459 e. The maximum Gasteiger partial charge on any atom is 0.325 e. The summed E-state index contributed by atoms with van der Waals surface area (Å²) in [4.78, 5) is 30.0. The number of anilines is 1. The molecule has 1 aromatic carbocycles. The predicted molar refractivity (Wildman–Crippen MR) is 121 cm³/mol. The maximum atomic E-state index is 13.0. The monoisotopic (exact) mass is 441 g/mol. The molecule has 3 rings (SSSR count). The second kappa shape index (κ2) is 9.78. The minimum absolute atomic E-state index is 0.205. The van der Waals surface area contributed by atoms with Gasteiger partial charge >= 0.3 is 5.97 Å². The fraction of sp³-hybridized carbons (Fsp3) is 0.348. The third kappa shape index (κ3) is 6.18. The molecule has 0 aliphatic rings. The van der Waals surface area contributed by atoms with Crippen LogP contribution in [-0.4, -0.2) is 35.6 Å². The van der Waals surface area contributed by atoms with Crippen molar-refractivity contribution in [3.05, 3.63) is 59.5 Å². The minimum atomic E-state index is -0.609. The Bertz CT molecular complexity index is 1020. The fourth-order valence-electron chi connectivity index (χ4n) is 3.03. The molecule has 0 bridgehead atoms. The Kier molecular flexibility index (Phi) is 7.12. The Hall–Kier alpha value is -3.13. The van der Waals surface area contributed by atoms with Crippen LogP contribution in [0.2, 0.25) is 0 Å². The summed E-state index contributed by atoms with van der Waals surface area (Å²) in [5, 5.41) is 6.75. The van der Waals surface area contributed by atoms with E-state index in [4.69, 9.17) is 9.15 Å². The highest BCUT2D eigenvalue weighted by Crippen LogP contribution is 2.39. The molecule has 0 fully saturated rings. The van der Waals surface area contributed by atoms with Gasteiger partial charge in [-0.15, -0.1) is 11.3 Å². The SMILES string of the molecule is Cc1c(-c2ncco2)sc(NCCc2ccccc2)c1C(=O)NCC(=O)OC(C)(C)C. The number of nitrogens with one attached hydrogen (secondary N) is 2. The van der Waals surface area contributed by atoms with E-state index in [1.807, 2.05) is 25.1 Å². The van der Waals surface area contributed by atoms with Gasteiger partial charge in [0.1, 0.15) is 23.4 Å². The number of aromatic nitrogens is 1. The highest BCUT2D eigenvalue weighted by Gasteiger charge is 2.25. The van der Waals surface area contributed by atoms with E-state index in [0.717, 1.165) is 16.9 Å². The smallest absolute Gasteiger partial charge is 0.325 e. The molecule has 164 valence electrons. The molecule has 2 N–H and O–H groups in total. The molecule has 7 nitrogen and oxygen atoms in total. The Labute approximate surface area is 185 Å². The number of hydrogen-bond donors (Lipinski definition) is 2. The molecule has 31 heavy (non-hydrogen) atoms. The van der Waals surface area contributed by atoms with Crippen LogP contribution in [0.5, 0.6) is 0 Å². The zero-order valence-corrected chi connectivity index (χ0v) is 19.0. The normalized spacial score (nSPS) is 11.2. The second-order valence-corrected chi connectivity index (χ2v) is 9.05. The summed E-state index contributed by atoms with van der Waals surface area (Å²) in [6.45, 7) is 7.65. The van der Waals surface area contributed by atoms with Crippen LogP contribution in [-0.2, 0) is 16.0 Å². The molecule has 2 aromatic heterocycles. The molecule has 0 unspecified atom stereocenters. The molecular formula is C23H27N3O4S. The van der Waals surface area contributed by atoms with Gasteiger partial charge < -0.3 is 19.8 Å². The van der Waals surface area contributed by atoms with E-state index >= 15 is 0 Å². The second-order valence-electron chi connectivity index (χ2n) is 8.03. The Morgan fingerprint density at radius 1 is 1.19 bits per heavy atom. The van der Waals surface area contributed by atoms with Gasteiger partial charge in [-0.05, 0) is 45.2 Å². The summed E-state index contributed by atoms with van der Waals surface area (Å²) in [6.07, 6.45) is 3.88. The number of benzene rings is 1. The number of nitrogens with zero attached hydrogens (tertiary/aromatic N) is 1. The zero-order chi connectivity index (χ0) is 22.4. The molecule has 0 saturated heterocycles. The van der Waals surface area contributed by atoms with Crippen molar-refractivity contribution < 1.29 is 18.7 Å². The number of rotatable bonds is 8. The number of thiophene rings is 1. The van der Waals surface area contributed by atoms with Gasteiger partial charge in [0, 0.05) is 6.54 Å². The highest BCUT2D eigenvalue weighted by molar-refractivity contribution is 7.20. The third-order valence-corrected chi connectivity index (χ3v) is 5.59. The Morgan fingerprint density at radius 3 is 2.58 bits per heavy atom. The number of carbonyl (C=O) groups is 2. The quantitative estimate of drug-likeness (QED) is 0.502. The molecule has 0 saturated carbocycles. The van der Waals surface area contributed by atoms with Crippen LogP contribution in [0.3, 0.4) is 0 Å². The van der Waals surface area contributed by atoms with Crippen LogP contribution in [0.15, 0.2) is 47.2 Å². The van der Waals surface area contributed by atoms with E-state index in [9.17, 15) is 9.59 Å². The van der Waals surface area contributed by atoms with Crippen molar-refractivity contribution in [1.29, 1.82) is 0 Å². The molecule has 0 aliphatic carbocycles. The number of carbonyl (C=O) groups excluding carboxylic acids is 2. The molecule has 2 heterocycles. The van der Waals surface area contributed by atoms with Crippen molar-refractivity contribution in [1.82, 2.24) is 10.3 Å². The van der Waals surface area contributed by atoms with Crippen LogP contribution in [0.4, 0.5) is 5.00 Å². The molecule has 8 heteroatoms. The van der Waals surface area contributed by atoms with Crippen LogP contribution in [0.25, 0.3) is 10.8 Å². The fourth-order valence-corrected chi connectivity index (χ4v) is 4.20. The summed E-state index contributed by atoms with van der Waals surface area (Å²) in [5.74, 6) is -0.375. The summed E-state index contributed by atoms with van der Waals surface area (Å²) < 4.78 is 10.7. The minimum Gasteiger partial charge on any atom is -0.459 e. The van der Waals surface area contributed by atoms with E-state index in [2.05, 4.69) is 27.8 Å². The molecule has 3 aromatic rings. The first-order valence-electron chi connectivity index (χ1n) is 10.1. The number of amides is 1. The van der Waals surface area contributed by atoms with Crippen LogP contribution >= 0.6 is 11.3 Å². The zero-order valence-electron chi connectivity index (χ0n) is 18.2. The molecule has 0 aliphatic heterocycles. The first-order valence-corrected chi connectivity index (χ1v) is 10.9. The Morgan fingerprint density at radius 2 is 1.94 bits per heavy atom. The van der Waals surface area contributed by atoms with E-state index in [1.165, 1.54) is 23.2 Å².